The zero-order valence-corrected chi connectivity index (χ0v) is 72.1. The third-order valence-electron chi connectivity index (χ3n) is 20.8. The van der Waals surface area contributed by atoms with Crippen LogP contribution >= 0.6 is 15.6 Å². The highest BCUT2D eigenvalue weighted by molar-refractivity contribution is 7.47. The van der Waals surface area contributed by atoms with Crippen LogP contribution in [0.4, 0.5) is 0 Å². The molecule has 2 unspecified atom stereocenters. The zero-order valence-electron chi connectivity index (χ0n) is 70.3. The molecule has 0 aliphatic heterocycles. The van der Waals surface area contributed by atoms with Gasteiger partial charge in [-0.25, -0.2) is 9.13 Å². The summed E-state index contributed by atoms with van der Waals surface area (Å²) in [4.78, 5) is 73.3. The van der Waals surface area contributed by atoms with Crippen molar-refractivity contribution in [3.8, 4) is 0 Å². The van der Waals surface area contributed by atoms with E-state index in [4.69, 9.17) is 37.0 Å². The van der Waals surface area contributed by atoms with Crippen LogP contribution in [-0.2, 0) is 65.4 Å². The maximum atomic E-state index is 13.2. The van der Waals surface area contributed by atoms with Gasteiger partial charge in [0, 0.05) is 25.7 Å². The summed E-state index contributed by atoms with van der Waals surface area (Å²) in [6.45, 7) is 7.32. The van der Waals surface area contributed by atoms with Crippen LogP contribution in [0.5, 0.6) is 0 Å². The second kappa shape index (κ2) is 80.7. The van der Waals surface area contributed by atoms with Crippen LogP contribution < -0.4 is 0 Å². The van der Waals surface area contributed by atoms with Crippen molar-refractivity contribution in [2.75, 3.05) is 39.6 Å². The van der Waals surface area contributed by atoms with Gasteiger partial charge in [-0.15, -0.1) is 0 Å². The highest BCUT2D eigenvalue weighted by Crippen LogP contribution is 2.45. The van der Waals surface area contributed by atoms with Gasteiger partial charge in [0.25, 0.3) is 0 Å². The lowest BCUT2D eigenvalue weighted by molar-refractivity contribution is -0.161. The van der Waals surface area contributed by atoms with E-state index in [-0.39, 0.29) is 25.7 Å². The van der Waals surface area contributed by atoms with Crippen LogP contribution in [0.3, 0.4) is 0 Å². The van der Waals surface area contributed by atoms with Gasteiger partial charge < -0.3 is 33.8 Å². The van der Waals surface area contributed by atoms with E-state index < -0.39 is 97.5 Å². The molecule has 0 radical (unpaired) electrons. The highest BCUT2D eigenvalue weighted by atomic mass is 31.2. The number of phosphoric acid groups is 2. The fraction of sp³-hybridized carbons (Fsp3) is 0.955. The maximum Gasteiger partial charge on any atom is 0.472 e. The Morgan fingerprint density at radius 1 is 0.252 bits per heavy atom. The monoisotopic (exact) mass is 1560 g/mol. The number of rotatable bonds is 88. The van der Waals surface area contributed by atoms with E-state index in [0.29, 0.717) is 31.6 Å². The smallest absolute Gasteiger partial charge is 0.462 e. The van der Waals surface area contributed by atoms with Crippen molar-refractivity contribution in [2.45, 2.75) is 496 Å². The van der Waals surface area contributed by atoms with E-state index in [0.717, 1.165) is 96.3 Å². The Kier molecular flexibility index (Phi) is 79.2. The summed E-state index contributed by atoms with van der Waals surface area (Å²) in [6, 6.07) is 0. The second-order valence-corrected chi connectivity index (χ2v) is 35.0. The summed E-state index contributed by atoms with van der Waals surface area (Å²) in [5.74, 6) is -1.39. The first-order valence-corrected chi connectivity index (χ1v) is 48.6. The molecule has 17 nitrogen and oxygen atoms in total. The molecule has 0 aromatic rings. The molecule has 0 fully saturated rings. The van der Waals surface area contributed by atoms with Crippen molar-refractivity contribution < 1.29 is 80.2 Å². The number of aliphatic hydroxyl groups excluding tert-OH is 1. The average Bonchev–Trinajstić information content (AvgIpc) is 0.917. The van der Waals surface area contributed by atoms with Crippen molar-refractivity contribution in [1.29, 1.82) is 0 Å². The van der Waals surface area contributed by atoms with E-state index in [1.807, 2.05) is 0 Å². The van der Waals surface area contributed by atoms with Gasteiger partial charge >= 0.3 is 39.5 Å². The lowest BCUT2D eigenvalue weighted by atomic mass is 10.0. The number of aliphatic hydroxyl groups is 1. The molecule has 0 aromatic heterocycles. The van der Waals surface area contributed by atoms with E-state index >= 15 is 0 Å². The summed E-state index contributed by atoms with van der Waals surface area (Å²) < 4.78 is 69.0. The molecule has 5 atom stereocenters. The van der Waals surface area contributed by atoms with Crippen LogP contribution in [0.2, 0.25) is 0 Å². The van der Waals surface area contributed by atoms with Crippen LogP contribution in [-0.4, -0.2) is 96.7 Å². The van der Waals surface area contributed by atoms with Gasteiger partial charge in [-0.2, -0.15) is 0 Å². The first-order chi connectivity index (χ1) is 52.0. The predicted octanol–water partition coefficient (Wildman–Crippen LogP) is 27.2. The Morgan fingerprint density at radius 3 is 0.636 bits per heavy atom. The normalized spacial score (nSPS) is 13.7. The van der Waals surface area contributed by atoms with Gasteiger partial charge in [0.15, 0.2) is 12.2 Å². The van der Waals surface area contributed by atoms with Crippen molar-refractivity contribution in [2.24, 2.45) is 5.92 Å². The molecule has 0 saturated heterocycles. The topological polar surface area (TPSA) is 237 Å². The molecule has 19 heteroatoms. The Bertz CT molecular complexity index is 2030. The summed E-state index contributed by atoms with van der Waals surface area (Å²) >= 11 is 0. The predicted molar refractivity (Wildman–Crippen MR) is 442 cm³/mol. The van der Waals surface area contributed by atoms with Crippen molar-refractivity contribution in [3.63, 3.8) is 0 Å². The molecular weight excluding hydrogens is 1390 g/mol. The Hall–Kier alpha value is -1.94. The quantitative estimate of drug-likeness (QED) is 0.0222. The molecule has 0 saturated carbocycles. The van der Waals surface area contributed by atoms with E-state index in [1.54, 1.807) is 0 Å². The van der Waals surface area contributed by atoms with Crippen LogP contribution in [0.25, 0.3) is 0 Å². The van der Waals surface area contributed by atoms with Crippen molar-refractivity contribution in [3.05, 3.63) is 0 Å². The third-order valence-corrected chi connectivity index (χ3v) is 22.7. The zero-order chi connectivity index (χ0) is 78.3. The number of esters is 4. The number of carbonyl (C=O) groups is 4. The number of unbranched alkanes of at least 4 members (excludes halogenated alkanes) is 60. The molecule has 0 amide bonds. The van der Waals surface area contributed by atoms with Gasteiger partial charge in [0.1, 0.15) is 19.3 Å². The van der Waals surface area contributed by atoms with E-state index in [2.05, 4.69) is 34.6 Å². The fourth-order valence-electron chi connectivity index (χ4n) is 13.8. The molecule has 0 bridgehead atoms. The summed E-state index contributed by atoms with van der Waals surface area (Å²) in [6.07, 6.45) is 75.2. The minimum Gasteiger partial charge on any atom is -0.462 e. The van der Waals surface area contributed by atoms with Gasteiger partial charge in [-0.1, -0.05) is 426 Å². The van der Waals surface area contributed by atoms with E-state index in [1.165, 1.54) is 295 Å². The van der Waals surface area contributed by atoms with Gasteiger partial charge in [-0.3, -0.25) is 37.3 Å². The van der Waals surface area contributed by atoms with Crippen molar-refractivity contribution >= 4 is 39.5 Å². The number of phosphoric ester groups is 2. The molecule has 0 spiro atoms. The Labute approximate surface area is 658 Å². The number of hydrogen-bond acceptors (Lipinski definition) is 15. The SMILES string of the molecule is CCCCCCCCCCCCCCCCCCCCCCCC(=O)O[C@H](COC(=O)CCCCCCCCCCCCCCCCCCCC)COP(=O)(O)OC[C@@H](O)COP(=O)(O)OC[C@@H](COC(=O)CCCCCCCCCC(C)C)OC(=O)CCCCCCCCCCCCCCCCCCCC. The average molecular weight is 1560 g/mol. The second-order valence-electron chi connectivity index (χ2n) is 32.1. The molecule has 0 aliphatic carbocycles. The van der Waals surface area contributed by atoms with Crippen LogP contribution in [0.15, 0.2) is 0 Å². The Morgan fingerprint density at radius 2 is 0.430 bits per heavy atom. The van der Waals surface area contributed by atoms with Gasteiger partial charge in [-0.05, 0) is 31.6 Å². The highest BCUT2D eigenvalue weighted by Gasteiger charge is 2.30. The Balaban J connectivity index is 5.22. The third kappa shape index (κ3) is 81.9. The minimum absolute atomic E-state index is 0.108. The lowest BCUT2D eigenvalue weighted by Crippen LogP contribution is -2.30. The molecule has 107 heavy (non-hydrogen) atoms. The van der Waals surface area contributed by atoms with Crippen LogP contribution in [0.1, 0.15) is 478 Å². The molecular formula is C88H172O17P2. The van der Waals surface area contributed by atoms with Crippen LogP contribution in [0, 0.1) is 5.92 Å². The molecule has 3 N–H and O–H groups in total. The number of carbonyl (C=O) groups excluding carboxylic acids is 4. The largest absolute Gasteiger partial charge is 0.472 e. The first kappa shape index (κ1) is 105. The fourth-order valence-corrected chi connectivity index (χ4v) is 15.4. The van der Waals surface area contributed by atoms with Gasteiger partial charge in [0.2, 0.25) is 0 Å². The standard InChI is InChI=1S/C88H172O17P2/c1-6-9-12-15-18-21-24-27-30-33-36-37-38-41-44-47-50-53-58-64-68-73-87(92)104-83(77-98-85(90)71-66-61-56-51-48-45-42-39-34-31-28-25-22-19-16-13-10-7-2)79-102-106(94,95)100-75-82(89)76-101-107(96,97)103-80-84(78-99-86(91)72-67-62-59-54-55-60-65-70-81(4)5)105-88(93)74-69-63-57-52-49-46-43-40-35-32-29-26-23-20-17-14-11-8-3/h81-84,89H,6-80H2,1-5H3,(H,94,95)(H,96,97)/t82-,83-,84-/m1/s1. The lowest BCUT2D eigenvalue weighted by Gasteiger charge is -2.21. The molecule has 0 aliphatic rings. The molecule has 0 rings (SSSR count). The van der Waals surface area contributed by atoms with Gasteiger partial charge in [0.05, 0.1) is 26.4 Å². The molecule has 0 heterocycles. The first-order valence-electron chi connectivity index (χ1n) is 45.6. The maximum absolute atomic E-state index is 13.2. The van der Waals surface area contributed by atoms with E-state index in [9.17, 15) is 43.2 Å². The minimum atomic E-state index is -4.97. The number of ether oxygens (including phenoxy) is 4. The number of hydrogen-bond donors (Lipinski definition) is 3. The summed E-state index contributed by atoms with van der Waals surface area (Å²) in [5.41, 5.74) is 0. The summed E-state index contributed by atoms with van der Waals surface area (Å²) in [5, 5.41) is 10.7. The summed E-state index contributed by atoms with van der Waals surface area (Å²) in [7, 11) is -9.93. The van der Waals surface area contributed by atoms with Crippen molar-refractivity contribution in [1.82, 2.24) is 0 Å². The molecule has 636 valence electrons. The molecule has 0 aromatic carbocycles.